The van der Waals surface area contributed by atoms with Crippen LogP contribution in [0.15, 0.2) is 6.20 Å². The molecule has 1 aliphatic carbocycles. The number of aliphatic hydroxyl groups is 1. The molecule has 0 radical (unpaired) electrons. The summed E-state index contributed by atoms with van der Waals surface area (Å²) >= 11 is 0. The number of nitro groups is 1. The zero-order valence-corrected chi connectivity index (χ0v) is 12.1. The first-order chi connectivity index (χ1) is 10.1. The summed E-state index contributed by atoms with van der Waals surface area (Å²) in [6, 6.07) is 0. The molecular formula is C13H21N5O3. The van der Waals surface area contributed by atoms with Gasteiger partial charge in [0.25, 0.3) is 0 Å². The van der Waals surface area contributed by atoms with E-state index in [1.54, 1.807) is 0 Å². The van der Waals surface area contributed by atoms with Gasteiger partial charge in [-0.3, -0.25) is 10.1 Å². The number of aliphatic hydroxyl groups excluding tert-OH is 1. The summed E-state index contributed by atoms with van der Waals surface area (Å²) in [6.07, 6.45) is 5.86. The number of rotatable bonds is 6. The van der Waals surface area contributed by atoms with E-state index in [4.69, 9.17) is 0 Å². The summed E-state index contributed by atoms with van der Waals surface area (Å²) in [6.45, 7) is 2.46. The molecule has 3 N–H and O–H groups in total. The average molecular weight is 295 g/mol. The zero-order chi connectivity index (χ0) is 15.3. The molecule has 8 nitrogen and oxygen atoms in total. The highest BCUT2D eigenvalue weighted by Crippen LogP contribution is 2.33. The van der Waals surface area contributed by atoms with Crippen LogP contribution in [-0.4, -0.2) is 38.7 Å². The van der Waals surface area contributed by atoms with Crippen LogP contribution in [0.2, 0.25) is 0 Å². The third kappa shape index (κ3) is 3.57. The van der Waals surface area contributed by atoms with Crippen LogP contribution >= 0.6 is 0 Å². The zero-order valence-electron chi connectivity index (χ0n) is 12.1. The van der Waals surface area contributed by atoms with E-state index in [2.05, 4.69) is 20.6 Å². The number of anilines is 2. The summed E-state index contributed by atoms with van der Waals surface area (Å²) in [5, 5.41) is 26.9. The quantitative estimate of drug-likeness (QED) is 0.542. The third-order valence-corrected chi connectivity index (χ3v) is 3.80. The minimum absolute atomic E-state index is 0.0648. The number of aromatic nitrogens is 2. The molecule has 0 aromatic carbocycles. The summed E-state index contributed by atoms with van der Waals surface area (Å²) in [4.78, 5) is 18.7. The fourth-order valence-electron chi connectivity index (χ4n) is 2.65. The molecule has 0 atom stereocenters. The summed E-state index contributed by atoms with van der Waals surface area (Å²) in [5.74, 6) is 0.511. The van der Waals surface area contributed by atoms with E-state index in [9.17, 15) is 15.2 Å². The lowest BCUT2D eigenvalue weighted by Gasteiger charge is -2.36. The van der Waals surface area contributed by atoms with E-state index < -0.39 is 10.5 Å². The van der Waals surface area contributed by atoms with Crippen LogP contribution < -0.4 is 10.6 Å². The Labute approximate surface area is 123 Å². The first-order valence-corrected chi connectivity index (χ1v) is 7.24. The Balaban J connectivity index is 2.30. The van der Waals surface area contributed by atoms with Crippen molar-refractivity contribution in [3.8, 4) is 0 Å². The van der Waals surface area contributed by atoms with Gasteiger partial charge in [0.2, 0.25) is 11.8 Å². The summed E-state index contributed by atoms with van der Waals surface area (Å²) in [7, 11) is 0. The van der Waals surface area contributed by atoms with Crippen molar-refractivity contribution in [2.45, 2.75) is 44.6 Å². The van der Waals surface area contributed by atoms with Crippen LogP contribution in [0.1, 0.15) is 39.0 Å². The van der Waals surface area contributed by atoms with Gasteiger partial charge in [-0.2, -0.15) is 4.98 Å². The molecule has 8 heteroatoms. The molecule has 1 saturated carbocycles. The van der Waals surface area contributed by atoms with Gasteiger partial charge >= 0.3 is 5.69 Å². The normalized spacial score (nSPS) is 17.2. The second-order valence-corrected chi connectivity index (χ2v) is 5.34. The van der Waals surface area contributed by atoms with Gasteiger partial charge < -0.3 is 15.7 Å². The van der Waals surface area contributed by atoms with Gasteiger partial charge in [-0.05, 0) is 19.8 Å². The summed E-state index contributed by atoms with van der Waals surface area (Å²) in [5.41, 5.74) is -0.698. The van der Waals surface area contributed by atoms with E-state index in [0.717, 1.165) is 32.1 Å². The average Bonchev–Trinajstić information content (AvgIpc) is 2.48. The molecule has 0 aliphatic heterocycles. The molecule has 1 heterocycles. The van der Waals surface area contributed by atoms with E-state index >= 15 is 0 Å². The number of nitrogens with one attached hydrogen (secondary N) is 2. The molecule has 0 spiro atoms. The van der Waals surface area contributed by atoms with E-state index in [1.165, 1.54) is 6.20 Å². The SMILES string of the molecule is CCNc1ncc([N+](=O)[O-])c(NC2(CO)CCCCC2)n1. The Morgan fingerprint density at radius 1 is 1.43 bits per heavy atom. The summed E-state index contributed by atoms with van der Waals surface area (Å²) < 4.78 is 0. The smallest absolute Gasteiger partial charge is 0.329 e. The van der Waals surface area contributed by atoms with Gasteiger partial charge in [-0.1, -0.05) is 19.3 Å². The van der Waals surface area contributed by atoms with E-state index in [0.29, 0.717) is 12.5 Å². The minimum Gasteiger partial charge on any atom is -0.394 e. The second kappa shape index (κ2) is 6.66. The van der Waals surface area contributed by atoms with Crippen LogP contribution in [0.4, 0.5) is 17.5 Å². The van der Waals surface area contributed by atoms with E-state index in [1.807, 2.05) is 6.92 Å². The highest BCUT2D eigenvalue weighted by atomic mass is 16.6. The predicted molar refractivity (Wildman–Crippen MR) is 79.4 cm³/mol. The molecule has 1 aromatic rings. The predicted octanol–water partition coefficient (Wildman–Crippen LogP) is 1.92. The molecule has 116 valence electrons. The van der Waals surface area contributed by atoms with E-state index in [-0.39, 0.29) is 18.1 Å². The maximum Gasteiger partial charge on any atom is 0.329 e. The van der Waals surface area contributed by atoms with Gasteiger partial charge in [-0.15, -0.1) is 0 Å². The van der Waals surface area contributed by atoms with Gasteiger partial charge in [0.15, 0.2) is 0 Å². The number of nitrogens with zero attached hydrogens (tertiary/aromatic N) is 3. The van der Waals surface area contributed by atoms with Gasteiger partial charge in [-0.25, -0.2) is 4.98 Å². The maximum absolute atomic E-state index is 11.1. The Bertz CT molecular complexity index is 503. The Hall–Kier alpha value is -1.96. The van der Waals surface area contributed by atoms with Crippen molar-refractivity contribution in [3.63, 3.8) is 0 Å². The van der Waals surface area contributed by atoms with Crippen molar-refractivity contribution in [2.24, 2.45) is 0 Å². The third-order valence-electron chi connectivity index (χ3n) is 3.80. The van der Waals surface area contributed by atoms with Crippen molar-refractivity contribution in [1.82, 2.24) is 9.97 Å². The molecule has 1 fully saturated rings. The highest BCUT2D eigenvalue weighted by molar-refractivity contribution is 5.58. The molecule has 21 heavy (non-hydrogen) atoms. The van der Waals surface area contributed by atoms with Crippen LogP contribution in [0.5, 0.6) is 0 Å². The van der Waals surface area contributed by atoms with Crippen molar-refractivity contribution in [1.29, 1.82) is 0 Å². The van der Waals surface area contributed by atoms with Crippen LogP contribution in [0, 0.1) is 10.1 Å². The second-order valence-electron chi connectivity index (χ2n) is 5.34. The Morgan fingerprint density at radius 3 is 2.71 bits per heavy atom. The van der Waals surface area contributed by atoms with Crippen LogP contribution in [-0.2, 0) is 0 Å². The molecule has 1 aromatic heterocycles. The molecule has 1 aliphatic rings. The first-order valence-electron chi connectivity index (χ1n) is 7.24. The Kier molecular flexibility index (Phi) is 4.89. The molecular weight excluding hydrogens is 274 g/mol. The lowest BCUT2D eigenvalue weighted by molar-refractivity contribution is -0.384. The van der Waals surface area contributed by atoms with Crippen LogP contribution in [0.25, 0.3) is 0 Å². The van der Waals surface area contributed by atoms with Gasteiger partial charge in [0.1, 0.15) is 6.20 Å². The lowest BCUT2D eigenvalue weighted by Crippen LogP contribution is -2.44. The molecule has 0 unspecified atom stereocenters. The maximum atomic E-state index is 11.1. The fourth-order valence-corrected chi connectivity index (χ4v) is 2.65. The standard InChI is InChI=1S/C13H21N5O3/c1-2-14-12-15-8-10(18(20)21)11(16-12)17-13(9-19)6-4-3-5-7-13/h8,19H,2-7,9H2,1H3,(H2,14,15,16,17). The molecule has 0 amide bonds. The number of hydrogen-bond acceptors (Lipinski definition) is 7. The van der Waals surface area contributed by atoms with Gasteiger partial charge in [0, 0.05) is 6.54 Å². The molecule has 0 bridgehead atoms. The number of hydrogen-bond donors (Lipinski definition) is 3. The molecule has 0 saturated heterocycles. The van der Waals surface area contributed by atoms with Crippen LogP contribution in [0.3, 0.4) is 0 Å². The van der Waals surface area contributed by atoms with Crippen molar-refractivity contribution in [2.75, 3.05) is 23.8 Å². The minimum atomic E-state index is -0.527. The molecule has 2 rings (SSSR count). The topological polar surface area (TPSA) is 113 Å². The van der Waals surface area contributed by atoms with Crippen molar-refractivity contribution in [3.05, 3.63) is 16.3 Å². The first kappa shape index (κ1) is 15.4. The monoisotopic (exact) mass is 295 g/mol. The highest BCUT2D eigenvalue weighted by Gasteiger charge is 2.34. The van der Waals surface area contributed by atoms with Gasteiger partial charge in [0.05, 0.1) is 17.1 Å². The fraction of sp³-hybridized carbons (Fsp3) is 0.692. The lowest BCUT2D eigenvalue weighted by atomic mass is 9.82. The van der Waals surface area contributed by atoms with Crippen molar-refractivity contribution < 1.29 is 10.0 Å². The largest absolute Gasteiger partial charge is 0.394 e. The Morgan fingerprint density at radius 2 is 2.14 bits per heavy atom. The van der Waals surface area contributed by atoms with Crippen molar-refractivity contribution >= 4 is 17.5 Å².